The van der Waals surface area contributed by atoms with Crippen LogP contribution in [0.1, 0.15) is 26.2 Å². The van der Waals surface area contributed by atoms with E-state index in [0.717, 1.165) is 0 Å². The summed E-state index contributed by atoms with van der Waals surface area (Å²) in [6.07, 6.45) is 4.44. The first-order chi connectivity index (χ1) is 5.29. The van der Waals surface area contributed by atoms with Crippen LogP contribution in [0.25, 0.3) is 0 Å². The van der Waals surface area contributed by atoms with Crippen molar-refractivity contribution in [1.82, 2.24) is 0 Å². The molecular weight excluding hydrogens is 140 g/mol. The highest BCUT2D eigenvalue weighted by Gasteiger charge is 2.29. The monoisotopic (exact) mass is 158 g/mol. The van der Waals surface area contributed by atoms with E-state index in [4.69, 9.17) is 9.47 Å². The Labute approximate surface area is 68.9 Å². The van der Waals surface area contributed by atoms with E-state index in [2.05, 4.69) is 6.92 Å². The Kier molecular flexibility index (Phi) is 3.34. The van der Waals surface area contributed by atoms with Gasteiger partial charge in [0.25, 0.3) is 0 Å². The SMILES string of the molecule is COC1CCC[C@H](OC)C1C. The van der Waals surface area contributed by atoms with Gasteiger partial charge in [0, 0.05) is 20.1 Å². The highest BCUT2D eigenvalue weighted by Crippen LogP contribution is 2.28. The number of hydrogen-bond donors (Lipinski definition) is 0. The molecule has 11 heavy (non-hydrogen) atoms. The van der Waals surface area contributed by atoms with Crippen LogP contribution in [0.15, 0.2) is 0 Å². The van der Waals surface area contributed by atoms with Crippen LogP contribution in [0.2, 0.25) is 0 Å². The van der Waals surface area contributed by atoms with Crippen molar-refractivity contribution in [3.63, 3.8) is 0 Å². The Bertz CT molecular complexity index is 102. The van der Waals surface area contributed by atoms with E-state index in [1.165, 1.54) is 19.3 Å². The quantitative estimate of drug-likeness (QED) is 0.610. The van der Waals surface area contributed by atoms with Crippen molar-refractivity contribution in [2.24, 2.45) is 5.92 Å². The van der Waals surface area contributed by atoms with E-state index in [1.54, 1.807) is 14.2 Å². The van der Waals surface area contributed by atoms with Crippen LogP contribution in [-0.2, 0) is 9.47 Å². The zero-order chi connectivity index (χ0) is 8.27. The van der Waals surface area contributed by atoms with Crippen molar-refractivity contribution < 1.29 is 9.47 Å². The molecule has 1 fully saturated rings. The van der Waals surface area contributed by atoms with E-state index >= 15 is 0 Å². The first-order valence-corrected chi connectivity index (χ1v) is 4.35. The molecule has 66 valence electrons. The average molecular weight is 158 g/mol. The Morgan fingerprint density at radius 3 is 1.82 bits per heavy atom. The molecule has 2 unspecified atom stereocenters. The maximum atomic E-state index is 5.36. The van der Waals surface area contributed by atoms with Crippen LogP contribution in [0, 0.1) is 5.92 Å². The number of ether oxygens (including phenoxy) is 2. The van der Waals surface area contributed by atoms with Crippen molar-refractivity contribution >= 4 is 0 Å². The standard InChI is InChI=1S/C9H18O2/c1-7-8(10-2)5-4-6-9(7)11-3/h7-9H,4-6H2,1-3H3/t7?,8-,9?/m0/s1. The van der Waals surface area contributed by atoms with Gasteiger partial charge in [-0.05, 0) is 19.3 Å². The molecule has 0 spiro atoms. The van der Waals surface area contributed by atoms with Crippen LogP contribution < -0.4 is 0 Å². The lowest BCUT2D eigenvalue weighted by Crippen LogP contribution is -2.36. The molecule has 0 aliphatic heterocycles. The molecule has 0 radical (unpaired) electrons. The zero-order valence-electron chi connectivity index (χ0n) is 7.67. The summed E-state index contributed by atoms with van der Waals surface area (Å²) in [7, 11) is 3.58. The summed E-state index contributed by atoms with van der Waals surface area (Å²) in [5.74, 6) is 0.554. The second-order valence-electron chi connectivity index (χ2n) is 3.34. The van der Waals surface area contributed by atoms with Crippen molar-refractivity contribution in [2.45, 2.75) is 38.4 Å². The topological polar surface area (TPSA) is 18.5 Å². The molecule has 1 aliphatic carbocycles. The van der Waals surface area contributed by atoms with E-state index in [1.807, 2.05) is 0 Å². The average Bonchev–Trinajstić information content (AvgIpc) is 2.05. The highest BCUT2D eigenvalue weighted by atomic mass is 16.5. The molecule has 1 saturated carbocycles. The van der Waals surface area contributed by atoms with Gasteiger partial charge in [0.2, 0.25) is 0 Å². The molecule has 2 heteroatoms. The summed E-state index contributed by atoms with van der Waals surface area (Å²) in [6, 6.07) is 0. The summed E-state index contributed by atoms with van der Waals surface area (Å²) < 4.78 is 10.7. The normalized spacial score (nSPS) is 39.0. The van der Waals surface area contributed by atoms with Gasteiger partial charge in [0.1, 0.15) is 0 Å². The van der Waals surface area contributed by atoms with Crippen molar-refractivity contribution in [3.05, 3.63) is 0 Å². The van der Waals surface area contributed by atoms with Crippen molar-refractivity contribution in [3.8, 4) is 0 Å². The first kappa shape index (κ1) is 9.01. The maximum absolute atomic E-state index is 5.36. The van der Waals surface area contributed by atoms with Gasteiger partial charge in [-0.1, -0.05) is 6.92 Å². The van der Waals surface area contributed by atoms with Crippen LogP contribution in [0.5, 0.6) is 0 Å². The highest BCUT2D eigenvalue weighted by molar-refractivity contribution is 4.80. The predicted molar refractivity (Wildman–Crippen MR) is 44.6 cm³/mol. The third-order valence-corrected chi connectivity index (χ3v) is 2.76. The summed E-state index contributed by atoms with van der Waals surface area (Å²) in [5.41, 5.74) is 0. The van der Waals surface area contributed by atoms with E-state index < -0.39 is 0 Å². The van der Waals surface area contributed by atoms with Crippen molar-refractivity contribution in [2.75, 3.05) is 14.2 Å². The molecule has 0 amide bonds. The van der Waals surface area contributed by atoms with Crippen LogP contribution >= 0.6 is 0 Å². The molecule has 0 aromatic carbocycles. The molecule has 1 rings (SSSR count). The maximum Gasteiger partial charge on any atom is 0.0621 e. The van der Waals surface area contributed by atoms with Crippen molar-refractivity contribution in [1.29, 1.82) is 0 Å². The molecular formula is C9H18O2. The van der Waals surface area contributed by atoms with E-state index in [9.17, 15) is 0 Å². The smallest absolute Gasteiger partial charge is 0.0621 e. The first-order valence-electron chi connectivity index (χ1n) is 4.35. The molecule has 0 heterocycles. The Balaban J connectivity index is 2.45. The second kappa shape index (κ2) is 4.07. The molecule has 2 nitrogen and oxygen atoms in total. The number of hydrogen-bond acceptors (Lipinski definition) is 2. The Hall–Kier alpha value is -0.0800. The molecule has 3 atom stereocenters. The zero-order valence-corrected chi connectivity index (χ0v) is 7.67. The van der Waals surface area contributed by atoms with Gasteiger partial charge in [-0.15, -0.1) is 0 Å². The number of methoxy groups -OCH3 is 2. The van der Waals surface area contributed by atoms with Crippen LogP contribution in [0.4, 0.5) is 0 Å². The summed E-state index contributed by atoms with van der Waals surface area (Å²) >= 11 is 0. The van der Waals surface area contributed by atoms with Gasteiger partial charge in [0.15, 0.2) is 0 Å². The van der Waals surface area contributed by atoms with Crippen LogP contribution in [-0.4, -0.2) is 26.4 Å². The van der Waals surface area contributed by atoms with Gasteiger partial charge in [0.05, 0.1) is 12.2 Å². The van der Waals surface area contributed by atoms with Gasteiger partial charge >= 0.3 is 0 Å². The lowest BCUT2D eigenvalue weighted by Gasteiger charge is -2.33. The number of rotatable bonds is 2. The van der Waals surface area contributed by atoms with E-state index in [0.29, 0.717) is 18.1 Å². The molecule has 1 aliphatic rings. The Morgan fingerprint density at radius 2 is 1.45 bits per heavy atom. The minimum absolute atomic E-state index is 0.411. The van der Waals surface area contributed by atoms with Gasteiger partial charge in [-0.2, -0.15) is 0 Å². The third-order valence-electron chi connectivity index (χ3n) is 2.76. The second-order valence-corrected chi connectivity index (χ2v) is 3.34. The summed E-state index contributed by atoms with van der Waals surface area (Å²) in [6.45, 7) is 2.21. The third kappa shape index (κ3) is 1.94. The molecule has 0 saturated heterocycles. The fourth-order valence-electron chi connectivity index (χ4n) is 1.95. The largest absolute Gasteiger partial charge is 0.381 e. The van der Waals surface area contributed by atoms with E-state index in [-0.39, 0.29) is 0 Å². The van der Waals surface area contributed by atoms with Gasteiger partial charge in [-0.25, -0.2) is 0 Å². The fourth-order valence-corrected chi connectivity index (χ4v) is 1.95. The molecule has 0 N–H and O–H groups in total. The lowest BCUT2D eigenvalue weighted by molar-refractivity contribution is -0.0556. The minimum atomic E-state index is 0.411. The molecule has 0 bridgehead atoms. The van der Waals surface area contributed by atoms with Gasteiger partial charge in [-0.3, -0.25) is 0 Å². The summed E-state index contributed by atoms with van der Waals surface area (Å²) in [5, 5.41) is 0. The van der Waals surface area contributed by atoms with Crippen LogP contribution in [0.3, 0.4) is 0 Å². The molecule has 0 aromatic rings. The molecule has 0 aromatic heterocycles. The minimum Gasteiger partial charge on any atom is -0.381 e. The Morgan fingerprint density at radius 1 is 1.00 bits per heavy atom. The summed E-state index contributed by atoms with van der Waals surface area (Å²) in [4.78, 5) is 0. The fraction of sp³-hybridized carbons (Fsp3) is 1.00. The predicted octanol–water partition coefficient (Wildman–Crippen LogP) is 1.84. The van der Waals surface area contributed by atoms with Gasteiger partial charge < -0.3 is 9.47 Å². The lowest BCUT2D eigenvalue weighted by atomic mass is 9.85.